The smallest absolute Gasteiger partial charge is 0.264 e. The number of hydrogen-bond donors (Lipinski definition) is 0. The molecule has 1 atom stereocenters. The maximum Gasteiger partial charge on any atom is 0.416 e. The number of benzene rings is 1. The molecule has 18 heavy (non-hydrogen) atoms. The maximum absolute atomic E-state index is 12.2. The molecule has 0 heterocycles. The summed E-state index contributed by atoms with van der Waals surface area (Å²) in [5, 5.41) is 20.8. The molecular formula is C9H7F3N2O4. The molecule has 0 fully saturated rings. The van der Waals surface area contributed by atoms with Crippen LogP contribution in [0.5, 0.6) is 0 Å². The van der Waals surface area contributed by atoms with Gasteiger partial charge >= 0.3 is 12.2 Å². The van der Waals surface area contributed by atoms with Crippen LogP contribution in [-0.4, -0.2) is 16.4 Å². The first-order valence-electron chi connectivity index (χ1n) is 4.64. The molecule has 0 spiro atoms. The summed E-state index contributed by atoms with van der Waals surface area (Å²) >= 11 is 0. The highest BCUT2D eigenvalue weighted by atomic mass is 19.4. The van der Waals surface area contributed by atoms with E-state index < -0.39 is 34.2 Å². The second kappa shape index (κ2) is 4.98. The molecule has 9 heteroatoms. The molecule has 1 unspecified atom stereocenters. The van der Waals surface area contributed by atoms with Crippen LogP contribution < -0.4 is 0 Å². The van der Waals surface area contributed by atoms with Crippen LogP contribution in [0.1, 0.15) is 17.2 Å². The molecule has 1 aromatic carbocycles. The number of alkyl halides is 3. The van der Waals surface area contributed by atoms with Crippen molar-refractivity contribution < 1.29 is 23.0 Å². The van der Waals surface area contributed by atoms with Gasteiger partial charge in [-0.05, 0) is 12.1 Å². The van der Waals surface area contributed by atoms with Crippen LogP contribution >= 0.6 is 0 Å². The van der Waals surface area contributed by atoms with Gasteiger partial charge in [0.25, 0.3) is 6.54 Å². The van der Waals surface area contributed by atoms with E-state index >= 15 is 0 Å². The zero-order chi connectivity index (χ0) is 13.9. The van der Waals surface area contributed by atoms with Crippen LogP contribution in [0.3, 0.4) is 0 Å². The van der Waals surface area contributed by atoms with Gasteiger partial charge < -0.3 is 0 Å². The van der Waals surface area contributed by atoms with Gasteiger partial charge in [0.1, 0.15) is 0 Å². The Balaban J connectivity index is 3.01. The van der Waals surface area contributed by atoms with E-state index in [-0.39, 0.29) is 5.56 Å². The Kier molecular flexibility index (Phi) is 3.84. The Labute approximate surface area is 98.3 Å². The van der Waals surface area contributed by atoms with Gasteiger partial charge in [-0.1, -0.05) is 12.1 Å². The highest BCUT2D eigenvalue weighted by Gasteiger charge is 2.33. The van der Waals surface area contributed by atoms with Gasteiger partial charge in [-0.25, -0.2) is 0 Å². The molecule has 0 aliphatic heterocycles. The first-order chi connectivity index (χ1) is 8.21. The lowest BCUT2D eigenvalue weighted by molar-refractivity contribution is -0.593. The molecule has 1 aromatic rings. The molecule has 0 bridgehead atoms. The van der Waals surface area contributed by atoms with Crippen molar-refractivity contribution in [2.45, 2.75) is 12.2 Å². The Bertz CT molecular complexity index is 458. The average molecular weight is 264 g/mol. The number of nitrogens with zero attached hydrogens (tertiary/aromatic N) is 2. The zero-order valence-electron chi connectivity index (χ0n) is 8.76. The van der Waals surface area contributed by atoms with Crippen LogP contribution in [-0.2, 0) is 6.18 Å². The summed E-state index contributed by atoms with van der Waals surface area (Å²) in [7, 11) is 0. The van der Waals surface area contributed by atoms with Gasteiger partial charge in [0.15, 0.2) is 0 Å². The van der Waals surface area contributed by atoms with Crippen LogP contribution in [0.25, 0.3) is 0 Å². The van der Waals surface area contributed by atoms with Crippen molar-refractivity contribution in [1.82, 2.24) is 0 Å². The minimum atomic E-state index is -4.55. The predicted octanol–water partition coefficient (Wildman–Crippen LogP) is 2.30. The van der Waals surface area contributed by atoms with Crippen molar-refractivity contribution in [2.24, 2.45) is 0 Å². The van der Waals surface area contributed by atoms with Crippen LogP contribution in [0.4, 0.5) is 13.2 Å². The van der Waals surface area contributed by atoms with Gasteiger partial charge in [0.2, 0.25) is 0 Å². The first-order valence-corrected chi connectivity index (χ1v) is 4.64. The molecule has 98 valence electrons. The third-order valence-corrected chi connectivity index (χ3v) is 2.20. The molecule has 0 radical (unpaired) electrons. The molecule has 0 aliphatic carbocycles. The third kappa shape index (κ3) is 3.40. The lowest BCUT2D eigenvalue weighted by Gasteiger charge is -2.09. The molecule has 0 saturated carbocycles. The van der Waals surface area contributed by atoms with Gasteiger partial charge in [0, 0.05) is 15.4 Å². The quantitative estimate of drug-likeness (QED) is 0.616. The Morgan fingerprint density at radius 1 is 1.11 bits per heavy atom. The Morgan fingerprint density at radius 2 is 1.61 bits per heavy atom. The molecule has 0 amide bonds. The SMILES string of the molecule is O=[N+]([O-])CC(c1ccc(C(F)(F)F)cc1)[N+](=O)[O-]. The Morgan fingerprint density at radius 3 is 1.94 bits per heavy atom. The summed E-state index contributed by atoms with van der Waals surface area (Å²) in [6.07, 6.45) is -4.55. The van der Waals surface area contributed by atoms with Gasteiger partial charge in [-0.3, -0.25) is 20.2 Å². The van der Waals surface area contributed by atoms with Crippen LogP contribution in [0.15, 0.2) is 24.3 Å². The van der Waals surface area contributed by atoms with E-state index in [0.717, 1.165) is 12.1 Å². The van der Waals surface area contributed by atoms with Crippen molar-refractivity contribution in [3.63, 3.8) is 0 Å². The summed E-state index contributed by atoms with van der Waals surface area (Å²) in [5.41, 5.74) is -1.10. The summed E-state index contributed by atoms with van der Waals surface area (Å²) in [4.78, 5) is 19.0. The fraction of sp³-hybridized carbons (Fsp3) is 0.333. The summed E-state index contributed by atoms with van der Waals surface area (Å²) in [6.45, 7) is -0.974. The van der Waals surface area contributed by atoms with E-state index in [1.165, 1.54) is 0 Å². The van der Waals surface area contributed by atoms with E-state index in [1.54, 1.807) is 0 Å². The molecule has 0 N–H and O–H groups in total. The number of halogens is 3. The van der Waals surface area contributed by atoms with Crippen molar-refractivity contribution in [2.75, 3.05) is 6.54 Å². The topological polar surface area (TPSA) is 86.3 Å². The number of nitro groups is 2. The minimum absolute atomic E-state index is 0.135. The maximum atomic E-state index is 12.2. The van der Waals surface area contributed by atoms with E-state index in [9.17, 15) is 33.4 Å². The van der Waals surface area contributed by atoms with E-state index in [1.807, 2.05) is 0 Å². The van der Waals surface area contributed by atoms with Crippen LogP contribution in [0, 0.1) is 20.2 Å². The van der Waals surface area contributed by atoms with Crippen molar-refractivity contribution >= 4 is 0 Å². The number of hydrogen-bond acceptors (Lipinski definition) is 4. The van der Waals surface area contributed by atoms with Crippen molar-refractivity contribution in [1.29, 1.82) is 0 Å². The average Bonchev–Trinajstić information content (AvgIpc) is 2.24. The monoisotopic (exact) mass is 264 g/mol. The lowest BCUT2D eigenvalue weighted by Crippen LogP contribution is -2.20. The van der Waals surface area contributed by atoms with E-state index in [2.05, 4.69) is 0 Å². The molecule has 1 rings (SSSR count). The predicted molar refractivity (Wildman–Crippen MR) is 53.0 cm³/mol. The molecular weight excluding hydrogens is 257 g/mol. The third-order valence-electron chi connectivity index (χ3n) is 2.20. The second-order valence-electron chi connectivity index (χ2n) is 3.44. The lowest BCUT2D eigenvalue weighted by atomic mass is 10.1. The Hall–Kier alpha value is -2.19. The van der Waals surface area contributed by atoms with Gasteiger partial charge in [0.05, 0.1) is 5.56 Å². The molecule has 0 saturated heterocycles. The highest BCUT2D eigenvalue weighted by Crippen LogP contribution is 2.30. The normalized spacial score (nSPS) is 13.1. The molecule has 0 aliphatic rings. The minimum Gasteiger partial charge on any atom is -0.264 e. The summed E-state index contributed by atoms with van der Waals surface area (Å²) in [6, 6.07) is 1.42. The zero-order valence-corrected chi connectivity index (χ0v) is 8.76. The number of rotatable bonds is 4. The second-order valence-corrected chi connectivity index (χ2v) is 3.44. The fourth-order valence-corrected chi connectivity index (χ4v) is 1.33. The first kappa shape index (κ1) is 13.9. The van der Waals surface area contributed by atoms with Gasteiger partial charge in [-0.15, -0.1) is 0 Å². The molecule has 0 aromatic heterocycles. The van der Waals surface area contributed by atoms with E-state index in [4.69, 9.17) is 0 Å². The van der Waals surface area contributed by atoms with Crippen LogP contribution in [0.2, 0.25) is 0 Å². The largest absolute Gasteiger partial charge is 0.416 e. The standard InChI is InChI=1S/C9H7F3N2O4/c10-9(11,12)7-3-1-6(2-4-7)8(14(17)18)5-13(15)16/h1-4,8H,5H2. The highest BCUT2D eigenvalue weighted by molar-refractivity contribution is 5.26. The van der Waals surface area contributed by atoms with Crippen molar-refractivity contribution in [3.05, 3.63) is 55.6 Å². The van der Waals surface area contributed by atoms with E-state index in [0.29, 0.717) is 12.1 Å². The molecule has 6 nitrogen and oxygen atoms in total. The van der Waals surface area contributed by atoms with Crippen molar-refractivity contribution in [3.8, 4) is 0 Å². The fourth-order valence-electron chi connectivity index (χ4n) is 1.33. The summed E-state index contributed by atoms with van der Waals surface area (Å²) < 4.78 is 36.7. The van der Waals surface area contributed by atoms with Gasteiger partial charge in [-0.2, -0.15) is 13.2 Å². The summed E-state index contributed by atoms with van der Waals surface area (Å²) in [5.74, 6) is 0.